The van der Waals surface area contributed by atoms with Gasteiger partial charge in [-0.2, -0.15) is 0 Å². The molecule has 0 spiro atoms. The van der Waals surface area contributed by atoms with Crippen molar-refractivity contribution >= 4 is 34.7 Å². The molecule has 2 saturated heterocycles. The van der Waals surface area contributed by atoms with E-state index in [-0.39, 0.29) is 30.7 Å². The number of hydrazine groups is 1. The minimum Gasteiger partial charge on any atom is -0.508 e. The van der Waals surface area contributed by atoms with E-state index in [1.54, 1.807) is 37.4 Å². The Bertz CT molecular complexity index is 2330. The van der Waals surface area contributed by atoms with E-state index in [1.165, 1.54) is 9.91 Å². The molecular weight excluding hydrogens is 801 g/mol. The fourth-order valence-electron chi connectivity index (χ4n) is 9.45. The Morgan fingerprint density at radius 2 is 1.83 bits per heavy atom. The highest BCUT2D eigenvalue weighted by Crippen LogP contribution is 2.41. The van der Waals surface area contributed by atoms with Crippen molar-refractivity contribution in [1.82, 2.24) is 40.0 Å². The van der Waals surface area contributed by atoms with Crippen molar-refractivity contribution in [2.45, 2.75) is 91.6 Å². The first-order valence-electron chi connectivity index (χ1n) is 22.2. The number of benzene rings is 2. The van der Waals surface area contributed by atoms with Crippen LogP contribution in [0, 0.1) is 11.3 Å². The van der Waals surface area contributed by atoms with E-state index in [0.717, 1.165) is 57.5 Å². The lowest BCUT2D eigenvalue weighted by atomic mass is 9.84. The van der Waals surface area contributed by atoms with Gasteiger partial charge in [-0.25, -0.2) is 10.2 Å². The van der Waals surface area contributed by atoms with Crippen molar-refractivity contribution < 1.29 is 33.8 Å². The zero-order chi connectivity index (χ0) is 45.2. The van der Waals surface area contributed by atoms with Crippen molar-refractivity contribution in [2.75, 3.05) is 60.5 Å². The minimum absolute atomic E-state index is 0.0127. The fraction of sp³-hybridized carbons (Fsp3) is 0.521. The summed E-state index contributed by atoms with van der Waals surface area (Å²) in [5, 5.41) is 16.7. The van der Waals surface area contributed by atoms with E-state index in [1.807, 2.05) is 45.3 Å². The van der Waals surface area contributed by atoms with Crippen LogP contribution in [-0.4, -0.2) is 137 Å². The summed E-state index contributed by atoms with van der Waals surface area (Å²) in [5.74, 6) is -1.64. The summed E-state index contributed by atoms with van der Waals surface area (Å²) < 4.78 is 14.0. The van der Waals surface area contributed by atoms with Gasteiger partial charge < -0.3 is 39.2 Å². The molecule has 3 aliphatic rings. The van der Waals surface area contributed by atoms with Gasteiger partial charge in [-0.15, -0.1) is 0 Å². The van der Waals surface area contributed by atoms with Crippen LogP contribution in [0.1, 0.15) is 64.2 Å². The second-order valence-electron chi connectivity index (χ2n) is 18.6. The largest absolute Gasteiger partial charge is 0.508 e. The van der Waals surface area contributed by atoms with Gasteiger partial charge in [0.1, 0.15) is 23.9 Å². The number of nitrogens with one attached hydrogen (secondary N) is 2. The number of phenolic OH excluding ortho intramolecular Hbond substituents is 1. The maximum absolute atomic E-state index is 14.7. The summed E-state index contributed by atoms with van der Waals surface area (Å²) >= 11 is 0. The lowest BCUT2D eigenvalue weighted by molar-refractivity contribution is -0.155. The number of likely N-dealkylation sites (N-methyl/N-ethyl adjacent to an activating group) is 2. The number of nitrogens with zero attached hydrogens (tertiary/aromatic N) is 6. The zero-order valence-electron chi connectivity index (χ0n) is 38.1. The highest BCUT2D eigenvalue weighted by atomic mass is 16.5. The Labute approximate surface area is 370 Å². The number of urea groups is 1. The number of hydrogen-bond donors (Lipinski definition) is 3. The third-order valence-corrected chi connectivity index (χ3v) is 12.7. The van der Waals surface area contributed by atoms with Gasteiger partial charge >= 0.3 is 12.0 Å². The summed E-state index contributed by atoms with van der Waals surface area (Å²) in [5.41, 5.74) is 9.91. The van der Waals surface area contributed by atoms with Gasteiger partial charge in [-0.1, -0.05) is 39.8 Å². The number of aromatic nitrogens is 2. The van der Waals surface area contributed by atoms with E-state index in [4.69, 9.17) is 9.47 Å². The Hall–Kier alpha value is -5.51. The van der Waals surface area contributed by atoms with Gasteiger partial charge in [-0.3, -0.25) is 24.4 Å². The van der Waals surface area contributed by atoms with Gasteiger partial charge in [0.2, 0.25) is 5.91 Å². The maximum atomic E-state index is 14.7. The van der Waals surface area contributed by atoms with Crippen molar-refractivity contribution in [1.29, 1.82) is 0 Å². The summed E-state index contributed by atoms with van der Waals surface area (Å²) in [6, 6.07) is 10.5. The molecule has 4 amide bonds. The number of piperazine rings is 1. The topological polar surface area (TPSA) is 162 Å². The summed E-state index contributed by atoms with van der Waals surface area (Å²) in [4.78, 5) is 66.7. The maximum Gasteiger partial charge on any atom is 0.324 e. The number of amides is 4. The Morgan fingerprint density at radius 3 is 2.54 bits per heavy atom. The average Bonchev–Trinajstić information content (AvgIpc) is 3.56. The van der Waals surface area contributed by atoms with E-state index in [9.17, 15) is 24.3 Å². The molecule has 2 aromatic carbocycles. The van der Waals surface area contributed by atoms with Crippen molar-refractivity contribution in [3.8, 4) is 28.1 Å². The van der Waals surface area contributed by atoms with Crippen LogP contribution in [0.15, 0.2) is 54.9 Å². The number of phenols is 1. The monoisotopic (exact) mass is 864 g/mol. The Balaban J connectivity index is 1.32. The lowest BCUT2D eigenvalue weighted by Crippen LogP contribution is -2.62. The van der Waals surface area contributed by atoms with Crippen LogP contribution in [0.25, 0.3) is 33.3 Å². The number of aromatic hydroxyl groups is 1. The molecule has 0 saturated carbocycles. The van der Waals surface area contributed by atoms with E-state index in [0.29, 0.717) is 57.6 Å². The number of esters is 1. The molecule has 63 heavy (non-hydrogen) atoms. The number of cyclic esters (lactones) is 1. The predicted octanol–water partition coefficient (Wildman–Crippen LogP) is 5.21. The molecule has 3 atom stereocenters. The third kappa shape index (κ3) is 9.85. The number of methoxy groups -OCH3 is 1. The molecular formula is C48H64N8O7. The first-order chi connectivity index (χ1) is 30.1. The van der Waals surface area contributed by atoms with E-state index < -0.39 is 41.3 Å². The van der Waals surface area contributed by atoms with Gasteiger partial charge in [0, 0.05) is 94.1 Å². The molecule has 6 bridgehead atoms. The Morgan fingerprint density at radius 1 is 1.06 bits per heavy atom. The summed E-state index contributed by atoms with van der Waals surface area (Å²) in [7, 11) is 5.33. The normalized spacial score (nSPS) is 20.3. The molecule has 3 N–H and O–H groups in total. The second kappa shape index (κ2) is 19.1. The van der Waals surface area contributed by atoms with Gasteiger partial charge in [-0.05, 0) is 97.3 Å². The number of aryl methyl sites for hydroxylation is 1. The van der Waals surface area contributed by atoms with Gasteiger partial charge in [0.25, 0.3) is 5.91 Å². The van der Waals surface area contributed by atoms with Crippen molar-refractivity contribution in [2.24, 2.45) is 11.3 Å². The van der Waals surface area contributed by atoms with Gasteiger partial charge in [0.15, 0.2) is 0 Å². The van der Waals surface area contributed by atoms with Crippen molar-refractivity contribution in [3.63, 3.8) is 0 Å². The number of ether oxygens (including phenoxy) is 2. The fourth-order valence-corrected chi connectivity index (χ4v) is 9.45. The van der Waals surface area contributed by atoms with Crippen LogP contribution >= 0.6 is 0 Å². The zero-order valence-corrected chi connectivity index (χ0v) is 38.1. The van der Waals surface area contributed by atoms with Crippen LogP contribution < -0.4 is 10.7 Å². The summed E-state index contributed by atoms with van der Waals surface area (Å²) in [6.07, 6.45) is 5.24. The molecule has 5 heterocycles. The molecule has 0 aliphatic carbocycles. The highest BCUT2D eigenvalue weighted by molar-refractivity contribution is 5.96. The quantitative estimate of drug-likeness (QED) is 0.201. The van der Waals surface area contributed by atoms with Gasteiger partial charge in [0.05, 0.1) is 18.9 Å². The number of carbonyl (C=O) groups excluding carboxylic acids is 4. The number of pyridine rings is 1. The van der Waals surface area contributed by atoms with Crippen LogP contribution in [0.5, 0.6) is 5.75 Å². The summed E-state index contributed by atoms with van der Waals surface area (Å²) in [6.45, 7) is 14.1. The van der Waals surface area contributed by atoms with Crippen LogP contribution in [0.4, 0.5) is 4.79 Å². The van der Waals surface area contributed by atoms with Crippen molar-refractivity contribution in [3.05, 3.63) is 71.5 Å². The molecule has 4 aromatic rings. The smallest absolute Gasteiger partial charge is 0.324 e. The minimum atomic E-state index is -1.11. The highest BCUT2D eigenvalue weighted by Gasteiger charge is 2.38. The first kappa shape index (κ1) is 45.5. The molecule has 338 valence electrons. The molecule has 1 unspecified atom stereocenters. The van der Waals surface area contributed by atoms with E-state index >= 15 is 0 Å². The number of rotatable bonds is 8. The molecule has 15 nitrogen and oxygen atoms in total. The van der Waals surface area contributed by atoms with E-state index in [2.05, 4.69) is 58.1 Å². The lowest BCUT2D eigenvalue weighted by Gasteiger charge is -2.39. The number of hydrogen-bond acceptors (Lipinski definition) is 10. The molecule has 7 rings (SSSR count). The third-order valence-electron chi connectivity index (χ3n) is 12.7. The molecule has 15 heteroatoms. The molecule has 3 aliphatic heterocycles. The predicted molar refractivity (Wildman–Crippen MR) is 241 cm³/mol. The first-order valence-corrected chi connectivity index (χ1v) is 22.2. The Kier molecular flexibility index (Phi) is 13.8. The molecule has 0 radical (unpaired) electrons. The SMILES string of the molecule is CCn1c(-c2cnccc2COC)c2c3cc(ccc31)-c1cc(O)cc(c1)C[C@H](NC(=O)C(C(C)C)N(C)C(=O)N1CCN(C)CC1)C(=O)N1CCC[C@H](N1)C(=O)OCC(C)(C)C2. The standard InChI is InChI=1S/C48H64N8O7/c1-9-55-41-13-12-32-25-36(41)37(43(55)38-27-49-15-14-33(38)28-62-8)26-48(4,5)29-63-46(60)39-11-10-16-56(51-39)45(59)40(23-31-21-34(32)24-35(57)22-31)50-44(58)42(30(2)3)53(7)47(61)54-19-17-52(6)18-20-54/h12-15,21-22,24-25,27,30,39-40,42,51,57H,9-11,16-20,23,26,28-29H2,1-8H3,(H,50,58)/t39-,40-,42?/m0/s1. The average molecular weight is 865 g/mol. The molecule has 2 aromatic heterocycles. The second-order valence-corrected chi connectivity index (χ2v) is 18.6. The number of fused-ring (bicyclic) bond motifs is 6. The molecule has 2 fully saturated rings. The van der Waals surface area contributed by atoms with Crippen LogP contribution in [-0.2, 0) is 49.9 Å². The van der Waals surface area contributed by atoms with Crippen LogP contribution in [0.3, 0.4) is 0 Å². The number of carbonyl (C=O) groups is 4. The van der Waals surface area contributed by atoms with Crippen LogP contribution in [0.2, 0.25) is 0 Å².